The molecule has 0 saturated heterocycles. The Morgan fingerprint density at radius 3 is 2.22 bits per heavy atom. The lowest BCUT2D eigenvalue weighted by molar-refractivity contribution is -0.659. The van der Waals surface area contributed by atoms with Crippen molar-refractivity contribution >= 4 is 13.3 Å². The van der Waals surface area contributed by atoms with Gasteiger partial charge in [0.2, 0.25) is 5.69 Å². The Hall–Kier alpha value is -1.41. The van der Waals surface area contributed by atoms with Crippen LogP contribution in [-0.4, -0.2) is 8.07 Å². The van der Waals surface area contributed by atoms with Gasteiger partial charge < -0.3 is 0 Å². The van der Waals surface area contributed by atoms with E-state index in [1.54, 1.807) is 12.1 Å². The van der Waals surface area contributed by atoms with Crippen LogP contribution in [-0.2, 0) is 12.5 Å². The summed E-state index contributed by atoms with van der Waals surface area (Å²) in [6.07, 6.45) is 2.29. The average molecular weight is 330 g/mol. The standard InChI is InChI=1S/C21H32NSi/c1-15-10-11-17(16(2)12-15)19-13-18(21(3,4)5)20(14-22(19)6)23(7,8)9/h10-14H,1-9H3/q+1/i1D3. The second kappa shape index (κ2) is 5.90. The van der Waals surface area contributed by atoms with E-state index in [2.05, 4.69) is 64.3 Å². The topological polar surface area (TPSA) is 3.88 Å². The highest BCUT2D eigenvalue weighted by Crippen LogP contribution is 2.28. The fourth-order valence-corrected chi connectivity index (χ4v) is 4.92. The minimum Gasteiger partial charge on any atom is -0.201 e. The zero-order valence-corrected chi connectivity index (χ0v) is 16.8. The minimum atomic E-state index is -2.07. The molecule has 0 radical (unpaired) electrons. The van der Waals surface area contributed by atoms with E-state index in [1.807, 2.05) is 13.0 Å². The predicted octanol–water partition coefficient (Wildman–Crippen LogP) is 4.64. The SMILES string of the molecule is [2H]C([2H])([2H])c1ccc(-c2cc(C(C)(C)C)c([Si](C)(C)C)c[n+]2C)c(C)c1. The Labute approximate surface area is 147 Å². The molecule has 1 nitrogen and oxygen atoms in total. The van der Waals surface area contributed by atoms with Gasteiger partial charge in [-0.1, -0.05) is 58.1 Å². The van der Waals surface area contributed by atoms with E-state index < -0.39 is 14.9 Å². The third-order valence-electron chi connectivity index (χ3n) is 4.39. The van der Waals surface area contributed by atoms with E-state index in [-0.39, 0.29) is 5.41 Å². The maximum Gasteiger partial charge on any atom is 0.212 e. The molecule has 0 fully saturated rings. The van der Waals surface area contributed by atoms with Gasteiger partial charge in [0.25, 0.3) is 0 Å². The van der Waals surface area contributed by atoms with E-state index in [1.165, 1.54) is 10.8 Å². The van der Waals surface area contributed by atoms with E-state index in [0.717, 1.165) is 16.8 Å². The maximum absolute atomic E-state index is 7.63. The molecular weight excluding hydrogens is 294 g/mol. The van der Waals surface area contributed by atoms with Gasteiger partial charge >= 0.3 is 0 Å². The molecular formula is C21H32NSi+. The summed E-state index contributed by atoms with van der Waals surface area (Å²) in [6.45, 7) is 13.9. The van der Waals surface area contributed by atoms with Crippen molar-refractivity contribution in [3.63, 3.8) is 0 Å². The van der Waals surface area contributed by atoms with E-state index in [4.69, 9.17) is 4.11 Å². The van der Waals surface area contributed by atoms with E-state index in [9.17, 15) is 0 Å². The molecule has 2 aromatic rings. The largest absolute Gasteiger partial charge is 0.212 e. The van der Waals surface area contributed by atoms with Crippen LogP contribution in [0.5, 0.6) is 0 Å². The van der Waals surface area contributed by atoms with Crippen molar-refractivity contribution in [2.45, 2.75) is 59.6 Å². The average Bonchev–Trinajstić information content (AvgIpc) is 2.44. The van der Waals surface area contributed by atoms with Crippen LogP contribution in [0.2, 0.25) is 19.6 Å². The number of hydrogen-bond donors (Lipinski definition) is 0. The van der Waals surface area contributed by atoms with Gasteiger partial charge in [-0.25, -0.2) is 4.57 Å². The van der Waals surface area contributed by atoms with Crippen LogP contribution >= 0.6 is 0 Å². The molecule has 0 unspecified atom stereocenters. The minimum absolute atomic E-state index is 0.0607. The number of aromatic nitrogens is 1. The summed E-state index contributed by atoms with van der Waals surface area (Å²) in [4.78, 5) is 0. The van der Waals surface area contributed by atoms with Gasteiger partial charge in [0, 0.05) is 20.9 Å². The van der Waals surface area contributed by atoms with Crippen LogP contribution in [0.1, 0.15) is 41.6 Å². The molecule has 0 aliphatic rings. The van der Waals surface area contributed by atoms with Crippen molar-refractivity contribution in [3.05, 3.63) is 47.2 Å². The molecule has 1 aromatic carbocycles. The first-order valence-electron chi connectivity index (χ1n) is 9.78. The highest BCUT2D eigenvalue weighted by atomic mass is 28.3. The summed E-state index contributed by atoms with van der Waals surface area (Å²) < 4.78 is 25.1. The number of rotatable bonds is 2. The van der Waals surface area contributed by atoms with E-state index >= 15 is 0 Å². The van der Waals surface area contributed by atoms with Crippen LogP contribution in [0.4, 0.5) is 0 Å². The Bertz CT molecular complexity index is 825. The molecule has 0 spiro atoms. The van der Waals surface area contributed by atoms with Crippen LogP contribution in [0.15, 0.2) is 30.5 Å². The Balaban J connectivity index is 2.72. The Kier molecular flexibility index (Phi) is 3.58. The lowest BCUT2D eigenvalue weighted by Gasteiger charge is -2.28. The number of benzene rings is 1. The van der Waals surface area contributed by atoms with E-state index in [0.29, 0.717) is 5.56 Å². The van der Waals surface area contributed by atoms with Crippen molar-refractivity contribution in [3.8, 4) is 11.3 Å². The molecule has 23 heavy (non-hydrogen) atoms. The van der Waals surface area contributed by atoms with Crippen molar-refractivity contribution in [1.82, 2.24) is 0 Å². The normalized spacial score (nSPS) is 15.0. The summed E-state index contributed by atoms with van der Waals surface area (Å²) in [6, 6.07) is 7.79. The van der Waals surface area contributed by atoms with Crippen LogP contribution in [0.3, 0.4) is 0 Å². The fraction of sp³-hybridized carbons (Fsp3) is 0.476. The van der Waals surface area contributed by atoms with Crippen molar-refractivity contribution in [2.24, 2.45) is 7.05 Å². The molecule has 0 amide bonds. The lowest BCUT2D eigenvalue weighted by Crippen LogP contribution is -2.49. The maximum atomic E-state index is 7.63. The first kappa shape index (κ1) is 14.0. The molecule has 0 aliphatic heterocycles. The molecule has 0 N–H and O–H groups in total. The summed E-state index contributed by atoms with van der Waals surface area (Å²) in [7, 11) is 0.600. The van der Waals surface area contributed by atoms with Gasteiger partial charge in [0.15, 0.2) is 6.20 Å². The molecule has 1 aromatic heterocycles. The summed E-state index contributed by atoms with van der Waals surface area (Å²) in [5.41, 5.74) is 5.07. The Morgan fingerprint density at radius 1 is 1.09 bits per heavy atom. The van der Waals surface area contributed by atoms with Gasteiger partial charge in [-0.05, 0) is 36.4 Å². The number of hydrogen-bond acceptors (Lipinski definition) is 0. The van der Waals surface area contributed by atoms with Gasteiger partial charge in [0.05, 0.1) is 8.07 Å². The zero-order valence-electron chi connectivity index (χ0n) is 18.8. The van der Waals surface area contributed by atoms with Gasteiger partial charge in [0.1, 0.15) is 7.05 Å². The Morgan fingerprint density at radius 2 is 1.74 bits per heavy atom. The van der Waals surface area contributed by atoms with Crippen molar-refractivity contribution < 1.29 is 8.68 Å². The van der Waals surface area contributed by atoms with Gasteiger partial charge in [-0.3, -0.25) is 0 Å². The van der Waals surface area contributed by atoms with Gasteiger partial charge in [-0.2, -0.15) is 0 Å². The van der Waals surface area contributed by atoms with Crippen molar-refractivity contribution in [2.75, 3.05) is 0 Å². The summed E-state index contributed by atoms with van der Waals surface area (Å²) >= 11 is 0. The third-order valence-corrected chi connectivity index (χ3v) is 6.41. The molecule has 0 saturated carbocycles. The third kappa shape index (κ3) is 3.74. The second-order valence-corrected chi connectivity index (χ2v) is 13.7. The summed E-state index contributed by atoms with van der Waals surface area (Å²) in [5, 5.41) is 1.48. The summed E-state index contributed by atoms with van der Waals surface area (Å²) in [5.74, 6) is 0. The zero-order chi connectivity index (χ0) is 20.1. The first-order valence-corrected chi connectivity index (χ1v) is 11.8. The molecule has 0 aliphatic carbocycles. The van der Waals surface area contributed by atoms with Crippen LogP contribution in [0, 0.1) is 13.8 Å². The molecule has 124 valence electrons. The molecule has 2 rings (SSSR count). The van der Waals surface area contributed by atoms with Crippen molar-refractivity contribution in [1.29, 1.82) is 0 Å². The molecule has 0 atom stereocenters. The second-order valence-electron chi connectivity index (χ2n) is 8.63. The first-order chi connectivity index (χ1) is 11.6. The number of pyridine rings is 1. The number of nitrogens with zero attached hydrogens (tertiary/aromatic N) is 1. The monoisotopic (exact) mass is 329 g/mol. The van der Waals surface area contributed by atoms with Gasteiger partial charge in [-0.15, -0.1) is 0 Å². The number of aryl methyl sites for hydroxylation is 3. The fourth-order valence-electron chi connectivity index (χ4n) is 3.09. The molecule has 0 bridgehead atoms. The van der Waals surface area contributed by atoms with Crippen LogP contribution in [0.25, 0.3) is 11.3 Å². The molecule has 1 heterocycles. The molecule has 2 heteroatoms. The highest BCUT2D eigenvalue weighted by Gasteiger charge is 2.31. The quantitative estimate of drug-likeness (QED) is 0.558. The highest BCUT2D eigenvalue weighted by molar-refractivity contribution is 6.89. The smallest absolute Gasteiger partial charge is 0.201 e. The van der Waals surface area contributed by atoms with Crippen LogP contribution < -0.4 is 9.75 Å². The lowest BCUT2D eigenvalue weighted by atomic mass is 9.86. The predicted molar refractivity (Wildman–Crippen MR) is 104 cm³/mol.